The Kier molecular flexibility index (Phi) is 4.73. The number of nitrogens with zero attached hydrogens (tertiary/aromatic N) is 1. The van der Waals surface area contributed by atoms with E-state index in [1.54, 1.807) is 18.2 Å². The molecule has 1 N–H and O–H groups in total. The van der Waals surface area contributed by atoms with Gasteiger partial charge in [0.25, 0.3) is 5.69 Å². The highest BCUT2D eigenvalue weighted by Gasteiger charge is 2.11. The van der Waals surface area contributed by atoms with Crippen molar-refractivity contribution in [2.24, 2.45) is 0 Å². The molecule has 0 heterocycles. The normalized spacial score (nSPS) is 10.2. The molecular formula is C14H13IN2O2. The average Bonchev–Trinajstić information content (AvgIpc) is 2.41. The summed E-state index contributed by atoms with van der Waals surface area (Å²) in [6.45, 7) is 0.671. The molecule has 0 aliphatic rings. The van der Waals surface area contributed by atoms with Crippen LogP contribution in [0.5, 0.6) is 0 Å². The van der Waals surface area contributed by atoms with Crippen LogP contribution in [0.1, 0.15) is 5.56 Å². The summed E-state index contributed by atoms with van der Waals surface area (Å²) in [5.41, 5.74) is 2.00. The molecule has 0 spiro atoms. The van der Waals surface area contributed by atoms with Crippen LogP contribution in [0.15, 0.2) is 48.5 Å². The van der Waals surface area contributed by atoms with Crippen LogP contribution in [0.3, 0.4) is 0 Å². The van der Waals surface area contributed by atoms with E-state index in [4.69, 9.17) is 0 Å². The first-order valence-corrected chi connectivity index (χ1v) is 6.97. The van der Waals surface area contributed by atoms with Gasteiger partial charge in [-0.3, -0.25) is 10.1 Å². The van der Waals surface area contributed by atoms with Crippen molar-refractivity contribution in [3.8, 4) is 0 Å². The topological polar surface area (TPSA) is 55.2 Å². The Balaban J connectivity index is 2.00. The third kappa shape index (κ3) is 3.66. The summed E-state index contributed by atoms with van der Waals surface area (Å²) in [5.74, 6) is 0. The lowest BCUT2D eigenvalue weighted by Crippen LogP contribution is -2.07. The third-order valence-electron chi connectivity index (χ3n) is 2.77. The Bertz CT molecular complexity index is 587. The molecule has 19 heavy (non-hydrogen) atoms. The Morgan fingerprint density at radius 1 is 1.11 bits per heavy atom. The summed E-state index contributed by atoms with van der Waals surface area (Å²) in [6, 6.07) is 14.8. The summed E-state index contributed by atoms with van der Waals surface area (Å²) >= 11 is 2.26. The minimum absolute atomic E-state index is 0.187. The molecule has 2 rings (SSSR count). The van der Waals surface area contributed by atoms with E-state index in [1.807, 2.05) is 30.3 Å². The molecule has 0 aliphatic heterocycles. The maximum atomic E-state index is 10.9. The first-order chi connectivity index (χ1) is 9.18. The largest absolute Gasteiger partial charge is 0.384 e. The van der Waals surface area contributed by atoms with Gasteiger partial charge >= 0.3 is 0 Å². The summed E-state index contributed by atoms with van der Waals surface area (Å²) in [4.78, 5) is 10.6. The number of nitro groups is 1. The van der Waals surface area contributed by atoms with Crippen molar-refractivity contribution in [1.82, 2.24) is 0 Å². The van der Waals surface area contributed by atoms with Crippen LogP contribution >= 0.6 is 22.6 Å². The van der Waals surface area contributed by atoms with E-state index >= 15 is 0 Å². The van der Waals surface area contributed by atoms with Crippen LogP contribution in [0.25, 0.3) is 0 Å². The molecule has 0 amide bonds. The van der Waals surface area contributed by atoms with Crippen molar-refractivity contribution in [2.75, 3.05) is 11.9 Å². The minimum atomic E-state index is -0.332. The number of halogens is 1. The fourth-order valence-electron chi connectivity index (χ4n) is 1.84. The van der Waals surface area contributed by atoms with Crippen molar-refractivity contribution in [3.05, 3.63) is 67.8 Å². The highest BCUT2D eigenvalue weighted by Crippen LogP contribution is 2.20. The molecule has 2 aromatic carbocycles. The highest BCUT2D eigenvalue weighted by atomic mass is 127. The van der Waals surface area contributed by atoms with E-state index in [0.29, 0.717) is 13.0 Å². The van der Waals surface area contributed by atoms with Crippen LogP contribution in [0.4, 0.5) is 11.4 Å². The van der Waals surface area contributed by atoms with E-state index in [0.717, 1.165) is 14.8 Å². The number of anilines is 1. The SMILES string of the molecule is O=[N+]([O-])c1ccccc1CCNc1ccccc1I. The molecule has 0 saturated carbocycles. The molecule has 4 nitrogen and oxygen atoms in total. The Morgan fingerprint density at radius 2 is 1.79 bits per heavy atom. The summed E-state index contributed by atoms with van der Waals surface area (Å²) in [6.07, 6.45) is 0.627. The molecule has 0 bridgehead atoms. The number of benzene rings is 2. The van der Waals surface area contributed by atoms with Crippen LogP contribution in [0, 0.1) is 13.7 Å². The van der Waals surface area contributed by atoms with Crippen molar-refractivity contribution in [1.29, 1.82) is 0 Å². The lowest BCUT2D eigenvalue weighted by Gasteiger charge is -2.08. The van der Waals surface area contributed by atoms with Crippen molar-refractivity contribution < 1.29 is 4.92 Å². The molecule has 5 heteroatoms. The lowest BCUT2D eigenvalue weighted by molar-refractivity contribution is -0.385. The van der Waals surface area contributed by atoms with E-state index in [1.165, 1.54) is 0 Å². The molecule has 0 atom stereocenters. The summed E-state index contributed by atoms with van der Waals surface area (Å²) < 4.78 is 1.14. The Morgan fingerprint density at radius 3 is 2.53 bits per heavy atom. The second-order valence-electron chi connectivity index (χ2n) is 4.04. The number of rotatable bonds is 5. The van der Waals surface area contributed by atoms with Gasteiger partial charge in [-0.15, -0.1) is 0 Å². The maximum Gasteiger partial charge on any atom is 0.272 e. The lowest BCUT2D eigenvalue weighted by atomic mass is 10.1. The summed E-state index contributed by atoms with van der Waals surface area (Å²) in [5, 5.41) is 14.2. The van der Waals surface area contributed by atoms with Gasteiger partial charge in [-0.2, -0.15) is 0 Å². The second-order valence-corrected chi connectivity index (χ2v) is 5.20. The number of hydrogen-bond acceptors (Lipinski definition) is 3. The number of nitro benzene ring substituents is 1. The fraction of sp³-hybridized carbons (Fsp3) is 0.143. The van der Waals surface area contributed by atoms with Crippen LogP contribution in [0.2, 0.25) is 0 Å². The van der Waals surface area contributed by atoms with Gasteiger partial charge < -0.3 is 5.32 Å². The minimum Gasteiger partial charge on any atom is -0.384 e. The first-order valence-electron chi connectivity index (χ1n) is 5.89. The van der Waals surface area contributed by atoms with Crippen molar-refractivity contribution in [2.45, 2.75) is 6.42 Å². The van der Waals surface area contributed by atoms with Gasteiger partial charge in [-0.25, -0.2) is 0 Å². The zero-order valence-corrected chi connectivity index (χ0v) is 12.3. The second kappa shape index (κ2) is 6.51. The Hall–Kier alpha value is -1.63. The number of nitrogens with one attached hydrogen (secondary N) is 1. The van der Waals surface area contributed by atoms with Crippen molar-refractivity contribution >= 4 is 34.0 Å². The van der Waals surface area contributed by atoms with Crippen LogP contribution in [-0.4, -0.2) is 11.5 Å². The molecule has 0 fully saturated rings. The van der Waals surface area contributed by atoms with E-state index in [-0.39, 0.29) is 10.6 Å². The van der Waals surface area contributed by atoms with Gasteiger partial charge in [0.15, 0.2) is 0 Å². The molecule has 0 saturated heterocycles. The Labute approximate surface area is 125 Å². The van der Waals surface area contributed by atoms with E-state index in [2.05, 4.69) is 27.9 Å². The molecule has 0 aromatic heterocycles. The van der Waals surface area contributed by atoms with E-state index in [9.17, 15) is 10.1 Å². The zero-order chi connectivity index (χ0) is 13.7. The molecule has 2 aromatic rings. The smallest absolute Gasteiger partial charge is 0.272 e. The molecule has 0 radical (unpaired) electrons. The predicted molar refractivity (Wildman–Crippen MR) is 84.4 cm³/mol. The molecule has 0 unspecified atom stereocenters. The highest BCUT2D eigenvalue weighted by molar-refractivity contribution is 14.1. The molecule has 0 aliphatic carbocycles. The summed E-state index contributed by atoms with van der Waals surface area (Å²) in [7, 11) is 0. The van der Waals surface area contributed by atoms with Crippen LogP contribution in [-0.2, 0) is 6.42 Å². The zero-order valence-electron chi connectivity index (χ0n) is 10.2. The van der Waals surface area contributed by atoms with Crippen molar-refractivity contribution in [3.63, 3.8) is 0 Å². The molecular weight excluding hydrogens is 355 g/mol. The van der Waals surface area contributed by atoms with Gasteiger partial charge in [0, 0.05) is 27.4 Å². The van der Waals surface area contributed by atoms with Gasteiger partial charge in [-0.05, 0) is 41.1 Å². The van der Waals surface area contributed by atoms with Gasteiger partial charge in [0.05, 0.1) is 4.92 Å². The van der Waals surface area contributed by atoms with Gasteiger partial charge in [0.1, 0.15) is 0 Å². The quantitative estimate of drug-likeness (QED) is 0.496. The number of hydrogen-bond donors (Lipinski definition) is 1. The standard InChI is InChI=1S/C14H13IN2O2/c15-12-6-2-3-7-13(12)16-10-9-11-5-1-4-8-14(11)17(18)19/h1-8,16H,9-10H2. The third-order valence-corrected chi connectivity index (χ3v) is 3.71. The number of para-hydroxylation sites is 2. The monoisotopic (exact) mass is 368 g/mol. The molecule has 98 valence electrons. The van der Waals surface area contributed by atoms with Gasteiger partial charge in [0.2, 0.25) is 0 Å². The fourth-order valence-corrected chi connectivity index (χ4v) is 2.41. The maximum absolute atomic E-state index is 10.9. The van der Waals surface area contributed by atoms with E-state index < -0.39 is 0 Å². The van der Waals surface area contributed by atoms with Gasteiger partial charge in [-0.1, -0.05) is 30.3 Å². The van der Waals surface area contributed by atoms with Crippen LogP contribution < -0.4 is 5.32 Å². The predicted octanol–water partition coefficient (Wildman–Crippen LogP) is 3.85. The first kappa shape index (κ1) is 13.8. The average molecular weight is 368 g/mol.